The molecule has 3 heteroatoms. The molecule has 1 aromatic carbocycles. The van der Waals surface area contributed by atoms with Crippen LogP contribution >= 0.6 is 0 Å². The Kier molecular flexibility index (Phi) is 1.63. The van der Waals surface area contributed by atoms with Crippen molar-refractivity contribution < 1.29 is 8.78 Å². The van der Waals surface area contributed by atoms with Crippen molar-refractivity contribution >= 4 is 0 Å². The SMILES string of the molecule is N#Cc1cc(F)[c]c(F)c1. The van der Waals surface area contributed by atoms with Gasteiger partial charge in [-0.1, -0.05) is 0 Å². The molecule has 0 saturated carbocycles. The first-order valence-corrected chi connectivity index (χ1v) is 2.51. The van der Waals surface area contributed by atoms with E-state index in [-0.39, 0.29) is 5.56 Å². The first kappa shape index (κ1) is 6.69. The predicted molar refractivity (Wildman–Crippen MR) is 29.9 cm³/mol. The van der Waals surface area contributed by atoms with Crippen molar-refractivity contribution in [1.82, 2.24) is 0 Å². The summed E-state index contributed by atoms with van der Waals surface area (Å²) in [6, 6.07) is 5.21. The van der Waals surface area contributed by atoms with Gasteiger partial charge in [-0.05, 0) is 12.1 Å². The quantitative estimate of drug-likeness (QED) is 0.534. The Morgan fingerprint density at radius 2 is 1.80 bits per heavy atom. The van der Waals surface area contributed by atoms with Gasteiger partial charge in [-0.2, -0.15) is 5.26 Å². The molecule has 0 aliphatic rings. The molecule has 0 amide bonds. The molecule has 1 radical (unpaired) electrons. The van der Waals surface area contributed by atoms with E-state index in [1.54, 1.807) is 12.1 Å². The van der Waals surface area contributed by atoms with Crippen LogP contribution in [0.1, 0.15) is 5.56 Å². The van der Waals surface area contributed by atoms with Crippen LogP contribution in [-0.4, -0.2) is 0 Å². The Morgan fingerprint density at radius 3 is 2.20 bits per heavy atom. The van der Waals surface area contributed by atoms with E-state index in [2.05, 4.69) is 0 Å². The van der Waals surface area contributed by atoms with Gasteiger partial charge in [0.25, 0.3) is 0 Å². The second-order valence-electron chi connectivity index (χ2n) is 1.68. The molecule has 10 heavy (non-hydrogen) atoms. The monoisotopic (exact) mass is 138 g/mol. The van der Waals surface area contributed by atoms with Crippen LogP contribution in [0.25, 0.3) is 0 Å². The average molecular weight is 138 g/mol. The van der Waals surface area contributed by atoms with Gasteiger partial charge in [-0.15, -0.1) is 0 Å². The largest absolute Gasteiger partial charge is 0.206 e. The fourth-order valence-corrected chi connectivity index (χ4v) is 0.566. The standard InChI is InChI=1S/C7H2F2N/c8-6-1-5(4-10)2-7(9)3-6/h1-2H. The van der Waals surface area contributed by atoms with E-state index in [1.807, 2.05) is 0 Å². The Labute approximate surface area is 56.5 Å². The Bertz CT molecular complexity index is 268. The maximum atomic E-state index is 12.2. The van der Waals surface area contributed by atoms with E-state index in [9.17, 15) is 8.78 Å². The number of nitriles is 1. The summed E-state index contributed by atoms with van der Waals surface area (Å²) >= 11 is 0. The molecule has 0 aliphatic heterocycles. The van der Waals surface area contributed by atoms with Crippen molar-refractivity contribution in [2.45, 2.75) is 0 Å². The minimum Gasteiger partial charge on any atom is -0.206 e. The van der Waals surface area contributed by atoms with E-state index in [0.29, 0.717) is 0 Å². The van der Waals surface area contributed by atoms with Gasteiger partial charge in [0.05, 0.1) is 17.7 Å². The van der Waals surface area contributed by atoms with Crippen LogP contribution in [0.5, 0.6) is 0 Å². The molecule has 0 bridgehead atoms. The highest BCUT2D eigenvalue weighted by Crippen LogP contribution is 2.04. The lowest BCUT2D eigenvalue weighted by Gasteiger charge is -1.88. The topological polar surface area (TPSA) is 23.8 Å². The molecular weight excluding hydrogens is 136 g/mol. The van der Waals surface area contributed by atoms with Crippen molar-refractivity contribution in [3.05, 3.63) is 35.4 Å². The molecule has 0 heterocycles. The first-order chi connectivity index (χ1) is 4.72. The average Bonchev–Trinajstić information content (AvgIpc) is 1.85. The Hall–Kier alpha value is -1.43. The molecule has 0 aliphatic carbocycles. The number of hydrogen-bond donors (Lipinski definition) is 0. The van der Waals surface area contributed by atoms with E-state index in [1.165, 1.54) is 0 Å². The van der Waals surface area contributed by atoms with Gasteiger partial charge in [0.2, 0.25) is 0 Å². The van der Waals surface area contributed by atoms with Crippen molar-refractivity contribution in [2.75, 3.05) is 0 Å². The molecule has 1 aromatic rings. The van der Waals surface area contributed by atoms with Crippen LogP contribution < -0.4 is 0 Å². The summed E-state index contributed by atoms with van der Waals surface area (Å²) in [4.78, 5) is 0. The maximum absolute atomic E-state index is 12.2. The zero-order chi connectivity index (χ0) is 7.56. The third-order valence-corrected chi connectivity index (χ3v) is 0.932. The summed E-state index contributed by atoms with van der Waals surface area (Å²) in [6.07, 6.45) is 0. The molecule has 0 aromatic heterocycles. The number of hydrogen-bond acceptors (Lipinski definition) is 1. The van der Waals surface area contributed by atoms with Crippen LogP contribution in [0, 0.1) is 29.0 Å². The molecule has 0 fully saturated rings. The summed E-state index contributed by atoms with van der Waals surface area (Å²) in [6.45, 7) is 0. The minimum atomic E-state index is -0.850. The predicted octanol–water partition coefficient (Wildman–Crippen LogP) is 1.64. The minimum absolute atomic E-state index is 0.0336. The van der Waals surface area contributed by atoms with Crippen molar-refractivity contribution in [2.24, 2.45) is 0 Å². The Morgan fingerprint density at radius 1 is 1.30 bits per heavy atom. The van der Waals surface area contributed by atoms with Crippen LogP contribution in [0.15, 0.2) is 12.1 Å². The van der Waals surface area contributed by atoms with Crippen molar-refractivity contribution in [3.63, 3.8) is 0 Å². The lowest BCUT2D eigenvalue weighted by atomic mass is 10.2. The molecule has 1 rings (SSSR count). The molecule has 0 spiro atoms. The summed E-state index contributed by atoms with van der Waals surface area (Å²) in [5, 5.41) is 8.19. The van der Waals surface area contributed by atoms with E-state index in [0.717, 1.165) is 12.1 Å². The third-order valence-electron chi connectivity index (χ3n) is 0.932. The van der Waals surface area contributed by atoms with Crippen LogP contribution in [-0.2, 0) is 0 Å². The van der Waals surface area contributed by atoms with Crippen LogP contribution in [0.4, 0.5) is 8.78 Å². The molecule has 0 unspecified atom stereocenters. The highest BCUT2D eigenvalue weighted by molar-refractivity contribution is 5.28. The summed E-state index contributed by atoms with van der Waals surface area (Å²) in [5.74, 6) is -1.70. The summed E-state index contributed by atoms with van der Waals surface area (Å²) in [7, 11) is 0. The molecule has 1 nitrogen and oxygen atoms in total. The lowest BCUT2D eigenvalue weighted by molar-refractivity contribution is 0.578. The van der Waals surface area contributed by atoms with E-state index >= 15 is 0 Å². The van der Waals surface area contributed by atoms with Gasteiger partial charge in [0, 0.05) is 0 Å². The van der Waals surface area contributed by atoms with Crippen molar-refractivity contribution in [3.8, 4) is 6.07 Å². The fraction of sp³-hybridized carbons (Fsp3) is 0. The lowest BCUT2D eigenvalue weighted by Crippen LogP contribution is -1.82. The zero-order valence-electron chi connectivity index (χ0n) is 4.86. The van der Waals surface area contributed by atoms with Gasteiger partial charge in [0.1, 0.15) is 11.6 Å². The third kappa shape index (κ3) is 1.29. The van der Waals surface area contributed by atoms with Gasteiger partial charge in [-0.3, -0.25) is 0 Å². The molecular formula is C7H2F2N. The number of benzene rings is 1. The van der Waals surface area contributed by atoms with E-state index < -0.39 is 11.6 Å². The Balaban J connectivity index is 3.22. The second kappa shape index (κ2) is 2.44. The van der Waals surface area contributed by atoms with Gasteiger partial charge in [0.15, 0.2) is 0 Å². The van der Waals surface area contributed by atoms with E-state index in [4.69, 9.17) is 5.26 Å². The smallest absolute Gasteiger partial charge is 0.135 e. The molecule has 0 atom stereocenters. The number of halogens is 2. The highest BCUT2D eigenvalue weighted by Gasteiger charge is 1.98. The van der Waals surface area contributed by atoms with Crippen molar-refractivity contribution in [1.29, 1.82) is 5.26 Å². The summed E-state index contributed by atoms with van der Waals surface area (Å²) in [5.41, 5.74) is -0.0336. The number of rotatable bonds is 0. The van der Waals surface area contributed by atoms with Gasteiger partial charge < -0.3 is 0 Å². The summed E-state index contributed by atoms with van der Waals surface area (Å²) < 4.78 is 24.3. The fourth-order valence-electron chi connectivity index (χ4n) is 0.566. The molecule has 0 saturated heterocycles. The molecule has 49 valence electrons. The normalized spacial score (nSPS) is 8.90. The van der Waals surface area contributed by atoms with Gasteiger partial charge in [-0.25, -0.2) is 8.78 Å². The first-order valence-electron chi connectivity index (χ1n) is 2.51. The van der Waals surface area contributed by atoms with Crippen LogP contribution in [0.2, 0.25) is 0 Å². The highest BCUT2D eigenvalue weighted by atomic mass is 19.1. The zero-order valence-corrected chi connectivity index (χ0v) is 4.86. The van der Waals surface area contributed by atoms with Gasteiger partial charge >= 0.3 is 0 Å². The molecule has 0 N–H and O–H groups in total. The number of nitrogens with zero attached hydrogens (tertiary/aromatic N) is 1. The maximum Gasteiger partial charge on any atom is 0.135 e. The second-order valence-corrected chi connectivity index (χ2v) is 1.68. The van der Waals surface area contributed by atoms with Crippen LogP contribution in [0.3, 0.4) is 0 Å².